The SMILES string of the molecule is CNc1cc(OCCCO)nc(C(C)C)n1. The van der Waals surface area contributed by atoms with Crippen LogP contribution in [0.2, 0.25) is 0 Å². The van der Waals surface area contributed by atoms with Gasteiger partial charge in [0, 0.05) is 32.1 Å². The average Bonchev–Trinajstić information content (AvgIpc) is 2.29. The summed E-state index contributed by atoms with van der Waals surface area (Å²) in [5.74, 6) is 2.31. The van der Waals surface area contributed by atoms with Crippen molar-refractivity contribution in [2.45, 2.75) is 26.2 Å². The van der Waals surface area contributed by atoms with Gasteiger partial charge in [-0.2, -0.15) is 4.98 Å². The van der Waals surface area contributed by atoms with Crippen molar-refractivity contribution in [2.75, 3.05) is 25.6 Å². The second kappa shape index (κ2) is 6.27. The summed E-state index contributed by atoms with van der Waals surface area (Å²) in [6, 6.07) is 1.75. The van der Waals surface area contributed by atoms with Crippen molar-refractivity contribution in [3.63, 3.8) is 0 Å². The van der Waals surface area contributed by atoms with Gasteiger partial charge in [0.15, 0.2) is 0 Å². The first-order valence-electron chi connectivity index (χ1n) is 5.47. The Kier molecular flexibility index (Phi) is 4.98. The lowest BCUT2D eigenvalue weighted by molar-refractivity contribution is 0.228. The van der Waals surface area contributed by atoms with Gasteiger partial charge >= 0.3 is 0 Å². The molecule has 0 radical (unpaired) electrons. The summed E-state index contributed by atoms with van der Waals surface area (Å²) in [4.78, 5) is 8.63. The number of nitrogens with zero attached hydrogens (tertiary/aromatic N) is 2. The number of hydrogen-bond acceptors (Lipinski definition) is 5. The smallest absolute Gasteiger partial charge is 0.218 e. The minimum absolute atomic E-state index is 0.126. The third-order valence-electron chi connectivity index (χ3n) is 2.04. The molecule has 16 heavy (non-hydrogen) atoms. The molecule has 0 unspecified atom stereocenters. The van der Waals surface area contributed by atoms with Crippen LogP contribution in [-0.2, 0) is 0 Å². The number of ether oxygens (including phenoxy) is 1. The van der Waals surface area contributed by atoms with E-state index in [9.17, 15) is 0 Å². The maximum Gasteiger partial charge on any atom is 0.218 e. The predicted octanol–water partition coefficient (Wildman–Crippen LogP) is 1.40. The van der Waals surface area contributed by atoms with Crippen LogP contribution in [0.3, 0.4) is 0 Å². The third-order valence-corrected chi connectivity index (χ3v) is 2.04. The second-order valence-corrected chi connectivity index (χ2v) is 3.78. The number of hydrogen-bond donors (Lipinski definition) is 2. The highest BCUT2D eigenvalue weighted by atomic mass is 16.5. The summed E-state index contributed by atoms with van der Waals surface area (Å²) >= 11 is 0. The van der Waals surface area contributed by atoms with Crippen LogP contribution in [0.1, 0.15) is 32.0 Å². The molecule has 90 valence electrons. The van der Waals surface area contributed by atoms with Crippen LogP contribution in [0, 0.1) is 0 Å². The number of aliphatic hydroxyl groups is 1. The standard InChI is InChI=1S/C11H19N3O2/c1-8(2)11-13-9(12-3)7-10(14-11)16-6-4-5-15/h7-8,15H,4-6H2,1-3H3,(H,12,13,14). The van der Waals surface area contributed by atoms with Gasteiger partial charge < -0.3 is 15.2 Å². The second-order valence-electron chi connectivity index (χ2n) is 3.78. The van der Waals surface area contributed by atoms with E-state index in [-0.39, 0.29) is 12.5 Å². The topological polar surface area (TPSA) is 67.3 Å². The van der Waals surface area contributed by atoms with Gasteiger partial charge in [0.1, 0.15) is 11.6 Å². The fourth-order valence-corrected chi connectivity index (χ4v) is 1.14. The summed E-state index contributed by atoms with van der Waals surface area (Å²) in [5.41, 5.74) is 0. The first-order valence-corrected chi connectivity index (χ1v) is 5.47. The van der Waals surface area contributed by atoms with Crippen molar-refractivity contribution < 1.29 is 9.84 Å². The molecular weight excluding hydrogens is 206 g/mol. The van der Waals surface area contributed by atoms with Gasteiger partial charge in [-0.15, -0.1) is 0 Å². The molecule has 0 bridgehead atoms. The van der Waals surface area contributed by atoms with Gasteiger partial charge in [0.2, 0.25) is 5.88 Å². The first-order chi connectivity index (χ1) is 7.67. The Morgan fingerprint density at radius 1 is 1.44 bits per heavy atom. The first kappa shape index (κ1) is 12.7. The van der Waals surface area contributed by atoms with Crippen molar-refractivity contribution in [3.8, 4) is 5.88 Å². The fourth-order valence-electron chi connectivity index (χ4n) is 1.14. The van der Waals surface area contributed by atoms with Crippen molar-refractivity contribution >= 4 is 5.82 Å². The fraction of sp³-hybridized carbons (Fsp3) is 0.636. The summed E-state index contributed by atoms with van der Waals surface area (Å²) in [7, 11) is 1.81. The molecule has 0 aliphatic rings. The number of anilines is 1. The highest BCUT2D eigenvalue weighted by Gasteiger charge is 2.07. The molecule has 1 heterocycles. The van der Waals surface area contributed by atoms with E-state index in [0.29, 0.717) is 18.9 Å². The maximum absolute atomic E-state index is 8.66. The zero-order valence-corrected chi connectivity index (χ0v) is 10.0. The van der Waals surface area contributed by atoms with Crippen molar-refractivity contribution in [1.82, 2.24) is 9.97 Å². The van der Waals surface area contributed by atoms with Crippen LogP contribution in [-0.4, -0.2) is 35.3 Å². The molecule has 1 aromatic rings. The van der Waals surface area contributed by atoms with E-state index in [0.717, 1.165) is 11.6 Å². The highest BCUT2D eigenvalue weighted by molar-refractivity contribution is 5.38. The Balaban J connectivity index is 2.78. The molecule has 0 saturated heterocycles. The van der Waals surface area contributed by atoms with Crippen LogP contribution >= 0.6 is 0 Å². The van der Waals surface area contributed by atoms with E-state index >= 15 is 0 Å². The molecule has 0 aromatic carbocycles. The number of aromatic nitrogens is 2. The average molecular weight is 225 g/mol. The molecule has 0 saturated carbocycles. The monoisotopic (exact) mass is 225 g/mol. The van der Waals surface area contributed by atoms with Gasteiger partial charge in [-0.1, -0.05) is 13.8 Å². The zero-order valence-electron chi connectivity index (χ0n) is 10.0. The molecule has 5 nitrogen and oxygen atoms in total. The lowest BCUT2D eigenvalue weighted by Crippen LogP contribution is -2.06. The van der Waals surface area contributed by atoms with Gasteiger partial charge in [-0.25, -0.2) is 4.98 Å². The Morgan fingerprint density at radius 3 is 2.75 bits per heavy atom. The lowest BCUT2D eigenvalue weighted by atomic mass is 10.2. The summed E-state index contributed by atoms with van der Waals surface area (Å²) < 4.78 is 5.43. The van der Waals surface area contributed by atoms with E-state index < -0.39 is 0 Å². The van der Waals surface area contributed by atoms with Crippen molar-refractivity contribution in [2.24, 2.45) is 0 Å². The summed E-state index contributed by atoms with van der Waals surface area (Å²) in [5, 5.41) is 11.6. The quantitative estimate of drug-likeness (QED) is 0.716. The van der Waals surface area contributed by atoms with Gasteiger partial charge in [0.05, 0.1) is 6.61 Å². The molecule has 1 rings (SSSR count). The van der Waals surface area contributed by atoms with Crippen LogP contribution in [0.25, 0.3) is 0 Å². The minimum atomic E-state index is 0.126. The Hall–Kier alpha value is -1.36. The predicted molar refractivity (Wildman–Crippen MR) is 62.9 cm³/mol. The largest absolute Gasteiger partial charge is 0.477 e. The normalized spacial score (nSPS) is 10.6. The molecule has 0 fully saturated rings. The molecule has 0 spiro atoms. The molecule has 0 aliphatic heterocycles. The number of aliphatic hydroxyl groups excluding tert-OH is 1. The van der Waals surface area contributed by atoms with E-state index in [1.165, 1.54) is 0 Å². The van der Waals surface area contributed by atoms with Crippen molar-refractivity contribution in [3.05, 3.63) is 11.9 Å². The molecule has 2 N–H and O–H groups in total. The van der Waals surface area contributed by atoms with E-state index in [2.05, 4.69) is 15.3 Å². The summed E-state index contributed by atoms with van der Waals surface area (Å²) in [6.45, 7) is 4.66. The van der Waals surface area contributed by atoms with Gasteiger partial charge in [-0.3, -0.25) is 0 Å². The minimum Gasteiger partial charge on any atom is -0.477 e. The zero-order chi connectivity index (χ0) is 12.0. The Bertz CT molecular complexity index is 329. The van der Waals surface area contributed by atoms with E-state index in [1.54, 1.807) is 6.07 Å². The van der Waals surface area contributed by atoms with E-state index in [1.807, 2.05) is 20.9 Å². The summed E-state index contributed by atoms with van der Waals surface area (Å²) in [6.07, 6.45) is 0.607. The van der Waals surface area contributed by atoms with Crippen LogP contribution in [0.5, 0.6) is 5.88 Å². The molecule has 0 amide bonds. The van der Waals surface area contributed by atoms with Crippen LogP contribution < -0.4 is 10.1 Å². The maximum atomic E-state index is 8.66. The van der Waals surface area contributed by atoms with Crippen LogP contribution in [0.4, 0.5) is 5.82 Å². The Labute approximate surface area is 95.9 Å². The highest BCUT2D eigenvalue weighted by Crippen LogP contribution is 2.18. The van der Waals surface area contributed by atoms with Gasteiger partial charge in [0.25, 0.3) is 0 Å². The molecule has 5 heteroatoms. The Morgan fingerprint density at radius 2 is 2.19 bits per heavy atom. The van der Waals surface area contributed by atoms with Gasteiger partial charge in [-0.05, 0) is 0 Å². The third kappa shape index (κ3) is 3.66. The lowest BCUT2D eigenvalue weighted by Gasteiger charge is -2.10. The van der Waals surface area contributed by atoms with E-state index in [4.69, 9.17) is 9.84 Å². The molecule has 0 aliphatic carbocycles. The molecule has 0 atom stereocenters. The number of rotatable bonds is 6. The molecular formula is C11H19N3O2. The molecule has 1 aromatic heterocycles. The van der Waals surface area contributed by atoms with Crippen molar-refractivity contribution in [1.29, 1.82) is 0 Å². The number of nitrogens with one attached hydrogen (secondary N) is 1. The van der Waals surface area contributed by atoms with Crippen LogP contribution in [0.15, 0.2) is 6.07 Å².